The standard InChI is InChI=1S/C35H48N4O8/c1-4-6-12-27(41)36-24(3)30(25-10-8-7-9-11-25)46-34(44)28-26-13-14-35(47-26)29(28)32(42)39(18-21-40)31(35)33(43)38(15-5-2)17-16-37-19-22-45-23-20-37/h4-5,7-11,24,26,28-31,40H,1-2,6,12-23H2,3H3,(H,36,41)/t24-,26+,28-,29-,30-,31+,35-/m1/s1. The van der Waals surface area contributed by atoms with Crippen molar-refractivity contribution in [2.45, 2.75) is 62.5 Å². The van der Waals surface area contributed by atoms with E-state index >= 15 is 0 Å². The van der Waals surface area contributed by atoms with Gasteiger partial charge in [-0.15, -0.1) is 13.2 Å². The minimum atomic E-state index is -1.22. The molecular weight excluding hydrogens is 604 g/mol. The number of ether oxygens (including phenoxy) is 3. The second kappa shape index (κ2) is 15.5. The Bertz CT molecular complexity index is 1300. The second-order valence-electron chi connectivity index (χ2n) is 12.8. The number of morpholine rings is 1. The van der Waals surface area contributed by atoms with Gasteiger partial charge in [0, 0.05) is 45.7 Å². The maximum Gasteiger partial charge on any atom is 0.313 e. The lowest BCUT2D eigenvalue weighted by Crippen LogP contribution is -2.57. The highest BCUT2D eigenvalue weighted by Crippen LogP contribution is 2.59. The number of β-amino-alcohol motifs (C(OH)–C–C–N with tert-alkyl or cyclic N) is 1. The third kappa shape index (κ3) is 7.15. The van der Waals surface area contributed by atoms with Crippen molar-refractivity contribution in [1.29, 1.82) is 0 Å². The van der Waals surface area contributed by atoms with Gasteiger partial charge in [-0.2, -0.15) is 0 Å². The van der Waals surface area contributed by atoms with Crippen molar-refractivity contribution in [2.24, 2.45) is 11.8 Å². The fourth-order valence-corrected chi connectivity index (χ4v) is 7.70. The van der Waals surface area contributed by atoms with Crippen molar-refractivity contribution in [3.8, 4) is 0 Å². The Balaban J connectivity index is 1.39. The molecule has 3 amide bonds. The van der Waals surface area contributed by atoms with Crippen molar-refractivity contribution in [2.75, 3.05) is 59.1 Å². The summed E-state index contributed by atoms with van der Waals surface area (Å²) in [6.07, 6.45) is 3.60. The molecule has 0 unspecified atom stereocenters. The molecule has 12 nitrogen and oxygen atoms in total. The lowest BCUT2D eigenvalue weighted by Gasteiger charge is -2.37. The first-order valence-corrected chi connectivity index (χ1v) is 16.7. The van der Waals surface area contributed by atoms with Gasteiger partial charge in [0.25, 0.3) is 0 Å². The van der Waals surface area contributed by atoms with Gasteiger partial charge < -0.3 is 34.4 Å². The molecule has 7 atom stereocenters. The molecule has 4 aliphatic heterocycles. The number of carbonyl (C=O) groups is 4. The number of fused-ring (bicyclic) bond motifs is 1. The predicted octanol–water partition coefficient (Wildman–Crippen LogP) is 1.46. The molecule has 4 aliphatic rings. The van der Waals surface area contributed by atoms with Crippen molar-refractivity contribution in [3.05, 3.63) is 61.2 Å². The summed E-state index contributed by atoms with van der Waals surface area (Å²) in [7, 11) is 0. The van der Waals surface area contributed by atoms with E-state index in [0.29, 0.717) is 51.1 Å². The van der Waals surface area contributed by atoms with Gasteiger partial charge in [-0.3, -0.25) is 24.1 Å². The summed E-state index contributed by atoms with van der Waals surface area (Å²) in [6.45, 7) is 13.1. The molecule has 4 saturated heterocycles. The number of rotatable bonds is 16. The minimum Gasteiger partial charge on any atom is -0.455 e. The highest BCUT2D eigenvalue weighted by molar-refractivity contribution is 5.98. The molecule has 1 aromatic rings. The van der Waals surface area contributed by atoms with Crippen LogP contribution >= 0.6 is 0 Å². The largest absolute Gasteiger partial charge is 0.455 e. The highest BCUT2D eigenvalue weighted by atomic mass is 16.6. The Kier molecular flexibility index (Phi) is 11.5. The lowest BCUT2D eigenvalue weighted by atomic mass is 9.70. The van der Waals surface area contributed by atoms with Crippen LogP contribution < -0.4 is 5.32 Å². The van der Waals surface area contributed by atoms with Crippen molar-refractivity contribution in [3.63, 3.8) is 0 Å². The fourth-order valence-electron chi connectivity index (χ4n) is 7.70. The molecule has 47 heavy (non-hydrogen) atoms. The second-order valence-corrected chi connectivity index (χ2v) is 12.8. The Hall–Kier alpha value is -3.58. The molecule has 0 aromatic heterocycles. The smallest absolute Gasteiger partial charge is 0.313 e. The number of nitrogens with one attached hydrogen (secondary N) is 1. The molecule has 2 bridgehead atoms. The van der Waals surface area contributed by atoms with Gasteiger partial charge in [0.05, 0.1) is 43.8 Å². The van der Waals surface area contributed by atoms with E-state index in [2.05, 4.69) is 23.4 Å². The Morgan fingerprint density at radius 3 is 2.60 bits per heavy atom. The molecule has 0 aliphatic carbocycles. The molecule has 0 radical (unpaired) electrons. The third-order valence-electron chi connectivity index (χ3n) is 9.89. The maximum absolute atomic E-state index is 14.4. The maximum atomic E-state index is 14.4. The van der Waals surface area contributed by atoms with Crippen LogP contribution in [0, 0.1) is 11.8 Å². The summed E-state index contributed by atoms with van der Waals surface area (Å²) in [5.74, 6) is -3.35. The number of amides is 3. The highest BCUT2D eigenvalue weighted by Gasteiger charge is 2.75. The monoisotopic (exact) mass is 652 g/mol. The zero-order valence-corrected chi connectivity index (χ0v) is 27.3. The van der Waals surface area contributed by atoms with Crippen LogP contribution in [0.3, 0.4) is 0 Å². The quantitative estimate of drug-likeness (QED) is 0.201. The van der Waals surface area contributed by atoms with Gasteiger partial charge in [-0.1, -0.05) is 42.5 Å². The number of hydrogen-bond acceptors (Lipinski definition) is 9. The van der Waals surface area contributed by atoms with Crippen LogP contribution in [0.25, 0.3) is 0 Å². The van der Waals surface area contributed by atoms with Gasteiger partial charge >= 0.3 is 5.97 Å². The molecule has 0 saturated carbocycles. The van der Waals surface area contributed by atoms with Crippen LogP contribution in [0.5, 0.6) is 0 Å². The SMILES string of the molecule is C=CCCC(=O)N[C@H](C)[C@@H](OC(=O)[C@@H]1[C@@H]2CC[C@]3(O2)[C@H](C(=O)N(CC=C)CCN2CCOCC2)N(CCO)C(=O)[C@@H]13)c1ccccc1. The number of esters is 1. The van der Waals surface area contributed by atoms with Gasteiger partial charge in [-0.05, 0) is 31.7 Å². The first-order valence-electron chi connectivity index (χ1n) is 16.7. The molecule has 4 heterocycles. The number of benzene rings is 1. The van der Waals surface area contributed by atoms with Crippen LogP contribution in [-0.4, -0.2) is 126 Å². The number of nitrogens with zero attached hydrogens (tertiary/aromatic N) is 3. The van der Waals surface area contributed by atoms with E-state index < -0.39 is 53.6 Å². The van der Waals surface area contributed by atoms with E-state index in [0.717, 1.165) is 13.1 Å². The predicted molar refractivity (Wildman–Crippen MR) is 173 cm³/mol. The van der Waals surface area contributed by atoms with Gasteiger partial charge in [-0.25, -0.2) is 0 Å². The average Bonchev–Trinajstić information content (AvgIpc) is 3.72. The summed E-state index contributed by atoms with van der Waals surface area (Å²) in [6, 6.07) is 7.60. The number of hydrogen-bond donors (Lipinski definition) is 2. The minimum absolute atomic E-state index is 0.0604. The zero-order valence-electron chi connectivity index (χ0n) is 27.3. The topological polar surface area (TPSA) is 138 Å². The summed E-state index contributed by atoms with van der Waals surface area (Å²) in [5.41, 5.74) is -0.521. The lowest BCUT2D eigenvalue weighted by molar-refractivity contribution is -0.162. The average molecular weight is 653 g/mol. The fraction of sp³-hybridized carbons (Fsp3) is 0.600. The molecule has 12 heteroatoms. The first-order chi connectivity index (χ1) is 22.7. The third-order valence-corrected chi connectivity index (χ3v) is 9.89. The molecule has 1 spiro atoms. The Morgan fingerprint density at radius 1 is 1.17 bits per heavy atom. The van der Waals surface area contributed by atoms with E-state index in [1.54, 1.807) is 24.0 Å². The number of aliphatic hydroxyl groups excluding tert-OH is 1. The van der Waals surface area contributed by atoms with Gasteiger partial charge in [0.2, 0.25) is 17.7 Å². The number of aliphatic hydroxyl groups is 1. The van der Waals surface area contributed by atoms with Crippen LogP contribution in [0.4, 0.5) is 0 Å². The molecule has 4 fully saturated rings. The zero-order chi connectivity index (χ0) is 33.6. The van der Waals surface area contributed by atoms with Crippen LogP contribution in [0.1, 0.15) is 44.3 Å². The first kappa shape index (κ1) is 34.7. The molecule has 1 aromatic carbocycles. The Labute approximate surface area is 276 Å². The molecular formula is C35H48N4O8. The molecule has 256 valence electrons. The summed E-state index contributed by atoms with van der Waals surface area (Å²) < 4.78 is 18.2. The van der Waals surface area contributed by atoms with Crippen molar-refractivity contribution in [1.82, 2.24) is 20.0 Å². The van der Waals surface area contributed by atoms with E-state index in [9.17, 15) is 24.3 Å². The van der Waals surface area contributed by atoms with E-state index in [1.165, 1.54) is 4.90 Å². The van der Waals surface area contributed by atoms with Crippen molar-refractivity contribution >= 4 is 23.7 Å². The normalized spacial score (nSPS) is 28.0. The van der Waals surface area contributed by atoms with Crippen LogP contribution in [0.2, 0.25) is 0 Å². The summed E-state index contributed by atoms with van der Waals surface area (Å²) in [4.78, 5) is 60.6. The van der Waals surface area contributed by atoms with Crippen LogP contribution in [0.15, 0.2) is 55.6 Å². The van der Waals surface area contributed by atoms with E-state index in [1.807, 2.05) is 30.3 Å². The van der Waals surface area contributed by atoms with E-state index in [4.69, 9.17) is 14.2 Å². The van der Waals surface area contributed by atoms with Gasteiger partial charge in [0.15, 0.2) is 0 Å². The Morgan fingerprint density at radius 2 is 1.91 bits per heavy atom. The van der Waals surface area contributed by atoms with Gasteiger partial charge in [0.1, 0.15) is 17.7 Å². The number of carbonyl (C=O) groups excluding carboxylic acids is 4. The molecule has 5 rings (SSSR count). The number of allylic oxidation sites excluding steroid dienone is 1. The van der Waals surface area contributed by atoms with Crippen LogP contribution in [-0.2, 0) is 33.4 Å². The van der Waals surface area contributed by atoms with E-state index in [-0.39, 0.29) is 37.9 Å². The summed E-state index contributed by atoms with van der Waals surface area (Å²) >= 11 is 0. The molecule has 2 N–H and O–H groups in total. The summed E-state index contributed by atoms with van der Waals surface area (Å²) in [5, 5.41) is 12.9. The van der Waals surface area contributed by atoms with Crippen molar-refractivity contribution < 1.29 is 38.5 Å². The number of likely N-dealkylation sites (tertiary alicyclic amines) is 1.